The fourth-order valence-corrected chi connectivity index (χ4v) is 2.05. The molecule has 0 aliphatic carbocycles. The molecular formula is C14H16ClNO. The fraction of sp³-hybridized carbons (Fsp3) is 0.286. The van der Waals surface area contributed by atoms with Crippen LogP contribution in [0.15, 0.2) is 40.8 Å². The van der Waals surface area contributed by atoms with Crippen LogP contribution >= 0.6 is 11.6 Å². The second-order valence-electron chi connectivity index (χ2n) is 3.96. The van der Waals surface area contributed by atoms with Gasteiger partial charge in [-0.1, -0.05) is 31.2 Å². The van der Waals surface area contributed by atoms with Gasteiger partial charge in [0.15, 0.2) is 5.22 Å². The molecule has 0 bridgehead atoms. The van der Waals surface area contributed by atoms with Crippen LogP contribution in [-0.4, -0.2) is 7.05 Å². The van der Waals surface area contributed by atoms with Gasteiger partial charge in [0, 0.05) is 0 Å². The molecule has 0 radical (unpaired) electrons. The van der Waals surface area contributed by atoms with E-state index in [1.165, 1.54) is 11.1 Å². The van der Waals surface area contributed by atoms with Gasteiger partial charge >= 0.3 is 0 Å². The highest BCUT2D eigenvalue weighted by atomic mass is 35.5. The molecular weight excluding hydrogens is 234 g/mol. The van der Waals surface area contributed by atoms with Crippen LogP contribution < -0.4 is 5.32 Å². The largest absolute Gasteiger partial charge is 0.448 e. The lowest BCUT2D eigenvalue weighted by Gasteiger charge is -2.14. The Hall–Kier alpha value is -1.25. The van der Waals surface area contributed by atoms with Crippen LogP contribution in [-0.2, 0) is 6.42 Å². The summed E-state index contributed by atoms with van der Waals surface area (Å²) in [7, 11) is 1.91. The van der Waals surface area contributed by atoms with Crippen LogP contribution in [0, 0.1) is 0 Å². The molecule has 1 atom stereocenters. The second-order valence-corrected chi connectivity index (χ2v) is 4.33. The summed E-state index contributed by atoms with van der Waals surface area (Å²) in [5.41, 5.74) is 2.51. The van der Waals surface area contributed by atoms with Gasteiger partial charge in [-0.05, 0) is 48.3 Å². The lowest BCUT2D eigenvalue weighted by atomic mass is 10.0. The molecule has 0 saturated heterocycles. The monoisotopic (exact) mass is 249 g/mol. The Morgan fingerprint density at radius 3 is 2.35 bits per heavy atom. The number of hydrogen-bond acceptors (Lipinski definition) is 2. The molecule has 0 amide bonds. The van der Waals surface area contributed by atoms with Gasteiger partial charge in [-0.15, -0.1) is 0 Å². The zero-order chi connectivity index (χ0) is 12.3. The number of hydrogen-bond donors (Lipinski definition) is 1. The average Bonchev–Trinajstić information content (AvgIpc) is 2.78. The van der Waals surface area contributed by atoms with Crippen LogP contribution in [0.5, 0.6) is 0 Å². The van der Waals surface area contributed by atoms with Gasteiger partial charge in [-0.3, -0.25) is 0 Å². The first kappa shape index (κ1) is 12.2. The highest BCUT2D eigenvalue weighted by Gasteiger charge is 2.15. The molecule has 0 aliphatic heterocycles. The zero-order valence-electron chi connectivity index (χ0n) is 10.0. The van der Waals surface area contributed by atoms with Gasteiger partial charge in [0.05, 0.1) is 6.04 Å². The molecule has 2 nitrogen and oxygen atoms in total. The first-order valence-corrected chi connectivity index (χ1v) is 6.13. The maximum atomic E-state index is 5.80. The first-order chi connectivity index (χ1) is 8.24. The van der Waals surface area contributed by atoms with Crippen molar-refractivity contribution in [1.29, 1.82) is 0 Å². The summed E-state index contributed by atoms with van der Waals surface area (Å²) in [6.45, 7) is 2.15. The third kappa shape index (κ3) is 2.71. The van der Waals surface area contributed by atoms with Crippen LogP contribution in [0.25, 0.3) is 0 Å². The van der Waals surface area contributed by atoms with Crippen molar-refractivity contribution >= 4 is 11.6 Å². The number of rotatable bonds is 4. The lowest BCUT2D eigenvalue weighted by molar-refractivity contribution is 0.465. The van der Waals surface area contributed by atoms with Crippen molar-refractivity contribution in [3.8, 4) is 0 Å². The maximum absolute atomic E-state index is 5.80. The minimum absolute atomic E-state index is 0.0495. The number of furan rings is 1. The van der Waals surface area contributed by atoms with E-state index in [0.29, 0.717) is 5.22 Å². The predicted octanol–water partition coefficient (Wildman–Crippen LogP) is 3.80. The van der Waals surface area contributed by atoms with Crippen molar-refractivity contribution in [1.82, 2.24) is 5.32 Å². The summed E-state index contributed by atoms with van der Waals surface area (Å²) in [6.07, 6.45) is 1.05. The Morgan fingerprint density at radius 2 is 1.88 bits per heavy atom. The molecule has 3 heteroatoms. The third-order valence-corrected chi connectivity index (χ3v) is 3.09. The molecule has 90 valence electrons. The van der Waals surface area contributed by atoms with E-state index in [2.05, 4.69) is 36.5 Å². The molecule has 1 unspecified atom stereocenters. The van der Waals surface area contributed by atoms with E-state index >= 15 is 0 Å². The Morgan fingerprint density at radius 1 is 1.18 bits per heavy atom. The summed E-state index contributed by atoms with van der Waals surface area (Å²) in [5, 5.41) is 3.65. The molecule has 0 aliphatic rings. The van der Waals surface area contributed by atoms with E-state index in [1.54, 1.807) is 6.07 Å². The van der Waals surface area contributed by atoms with Gasteiger partial charge in [0.2, 0.25) is 0 Å². The van der Waals surface area contributed by atoms with Crippen molar-refractivity contribution in [2.45, 2.75) is 19.4 Å². The van der Waals surface area contributed by atoms with Gasteiger partial charge in [0.25, 0.3) is 0 Å². The van der Waals surface area contributed by atoms with Crippen LogP contribution in [0.4, 0.5) is 0 Å². The van der Waals surface area contributed by atoms with Crippen molar-refractivity contribution in [3.05, 3.63) is 58.5 Å². The van der Waals surface area contributed by atoms with Crippen molar-refractivity contribution < 1.29 is 4.42 Å². The summed E-state index contributed by atoms with van der Waals surface area (Å²) >= 11 is 5.80. The van der Waals surface area contributed by atoms with Crippen LogP contribution in [0.2, 0.25) is 5.22 Å². The maximum Gasteiger partial charge on any atom is 0.193 e. The number of benzene rings is 1. The van der Waals surface area contributed by atoms with Gasteiger partial charge in [-0.25, -0.2) is 0 Å². The topological polar surface area (TPSA) is 25.2 Å². The number of halogens is 1. The van der Waals surface area contributed by atoms with E-state index in [1.807, 2.05) is 13.1 Å². The van der Waals surface area contributed by atoms with E-state index in [4.69, 9.17) is 16.0 Å². The SMILES string of the molecule is CCc1ccc(C(NC)c2ccc(Cl)o2)cc1. The molecule has 1 N–H and O–H groups in total. The molecule has 0 saturated carbocycles. The van der Waals surface area contributed by atoms with Crippen molar-refractivity contribution in [2.75, 3.05) is 7.05 Å². The molecule has 1 aromatic heterocycles. The summed E-state index contributed by atoms with van der Waals surface area (Å²) in [6, 6.07) is 12.2. The molecule has 2 rings (SSSR count). The average molecular weight is 250 g/mol. The molecule has 1 heterocycles. The highest BCUT2D eigenvalue weighted by Crippen LogP contribution is 2.25. The molecule has 0 spiro atoms. The normalized spacial score (nSPS) is 12.6. The Kier molecular flexibility index (Phi) is 3.87. The third-order valence-electron chi connectivity index (χ3n) is 2.89. The smallest absolute Gasteiger partial charge is 0.193 e. The van der Waals surface area contributed by atoms with E-state index in [0.717, 1.165) is 12.2 Å². The molecule has 0 fully saturated rings. The minimum Gasteiger partial charge on any atom is -0.448 e. The molecule has 1 aromatic carbocycles. The van der Waals surface area contributed by atoms with Crippen LogP contribution in [0.3, 0.4) is 0 Å². The van der Waals surface area contributed by atoms with Gasteiger partial charge in [0.1, 0.15) is 5.76 Å². The first-order valence-electron chi connectivity index (χ1n) is 5.76. The van der Waals surface area contributed by atoms with Crippen molar-refractivity contribution in [3.63, 3.8) is 0 Å². The van der Waals surface area contributed by atoms with Crippen LogP contribution in [0.1, 0.15) is 29.9 Å². The molecule has 17 heavy (non-hydrogen) atoms. The molecule has 2 aromatic rings. The Bertz CT molecular complexity index is 475. The van der Waals surface area contributed by atoms with Crippen molar-refractivity contribution in [2.24, 2.45) is 0 Å². The van der Waals surface area contributed by atoms with E-state index < -0.39 is 0 Å². The predicted molar refractivity (Wildman–Crippen MR) is 70.4 cm³/mol. The summed E-state index contributed by atoms with van der Waals surface area (Å²) in [5.74, 6) is 0.835. The number of aryl methyl sites for hydroxylation is 1. The van der Waals surface area contributed by atoms with Gasteiger partial charge in [-0.2, -0.15) is 0 Å². The Labute approximate surface area is 107 Å². The van der Waals surface area contributed by atoms with Gasteiger partial charge < -0.3 is 9.73 Å². The van der Waals surface area contributed by atoms with E-state index in [-0.39, 0.29) is 6.04 Å². The van der Waals surface area contributed by atoms with E-state index in [9.17, 15) is 0 Å². The zero-order valence-corrected chi connectivity index (χ0v) is 10.8. The Balaban J connectivity index is 2.28. The standard InChI is InChI=1S/C14H16ClNO/c1-3-10-4-6-11(7-5-10)14(16-2)12-8-9-13(15)17-12/h4-9,14,16H,3H2,1-2H3. The minimum atomic E-state index is 0.0495. The highest BCUT2D eigenvalue weighted by molar-refractivity contribution is 6.28. The lowest BCUT2D eigenvalue weighted by Crippen LogP contribution is -2.16. The summed E-state index contributed by atoms with van der Waals surface area (Å²) < 4.78 is 5.45. The fourth-order valence-electron chi connectivity index (χ4n) is 1.90. The second kappa shape index (κ2) is 5.39. The quantitative estimate of drug-likeness (QED) is 0.892. The summed E-state index contributed by atoms with van der Waals surface area (Å²) in [4.78, 5) is 0. The number of nitrogens with one attached hydrogen (secondary N) is 1.